The number of aryl methyl sites for hydroxylation is 2. The lowest BCUT2D eigenvalue weighted by atomic mass is 9.91. The van der Waals surface area contributed by atoms with E-state index in [1.165, 1.54) is 19.8 Å². The molecule has 3 unspecified atom stereocenters. The van der Waals surface area contributed by atoms with Gasteiger partial charge in [0.1, 0.15) is 23.7 Å². The maximum Gasteiger partial charge on any atom is 0.407 e. The number of rotatable bonds is 12. The van der Waals surface area contributed by atoms with Gasteiger partial charge in [0.05, 0.1) is 44.4 Å². The van der Waals surface area contributed by atoms with Crippen LogP contribution in [0.1, 0.15) is 91.7 Å². The Bertz CT molecular complexity index is 2430. The van der Waals surface area contributed by atoms with Crippen LogP contribution in [-0.2, 0) is 38.4 Å². The molecule has 316 valence electrons. The van der Waals surface area contributed by atoms with Gasteiger partial charge in [0.25, 0.3) is 0 Å². The van der Waals surface area contributed by atoms with Gasteiger partial charge in [0.15, 0.2) is 0 Å². The van der Waals surface area contributed by atoms with Crippen LogP contribution in [0.2, 0.25) is 0 Å². The highest BCUT2D eigenvalue weighted by Crippen LogP contribution is 2.37. The SMILES string of the molecule is CCCN(Cc1ncc(-c2ccc(C#Cc3ccc4c(c3)CCc3[nH]c(C5CCCN5C(=O)C(NC(=O)OC)C(C)C)nc3-4)cc2)[nH]1)C(=O)C(NC(=O)OC)c1ccccc1. The van der Waals surface area contributed by atoms with Crippen LogP contribution in [-0.4, -0.2) is 87.1 Å². The van der Waals surface area contributed by atoms with E-state index in [2.05, 4.69) is 49.6 Å². The first-order valence-electron chi connectivity index (χ1n) is 20.8. The number of H-pyrrole nitrogens is 2. The van der Waals surface area contributed by atoms with Crippen molar-refractivity contribution in [3.63, 3.8) is 0 Å². The van der Waals surface area contributed by atoms with Crippen molar-refractivity contribution in [2.75, 3.05) is 27.3 Å². The Morgan fingerprint density at radius 3 is 2.36 bits per heavy atom. The summed E-state index contributed by atoms with van der Waals surface area (Å²) in [4.78, 5) is 71.8. The van der Waals surface area contributed by atoms with Gasteiger partial charge in [-0.1, -0.05) is 81.1 Å². The van der Waals surface area contributed by atoms with E-state index in [1.807, 2.05) is 74.2 Å². The molecule has 0 saturated carbocycles. The van der Waals surface area contributed by atoms with Crippen molar-refractivity contribution in [3.8, 4) is 34.4 Å². The number of nitrogens with one attached hydrogen (secondary N) is 4. The molecule has 0 bridgehead atoms. The summed E-state index contributed by atoms with van der Waals surface area (Å²) in [5, 5.41) is 5.40. The molecule has 3 heterocycles. The minimum atomic E-state index is -0.904. The number of aromatic nitrogens is 4. The number of likely N-dealkylation sites (tertiary alicyclic amines) is 1. The normalized spacial score (nSPS) is 15.1. The van der Waals surface area contributed by atoms with E-state index in [9.17, 15) is 19.2 Å². The third-order valence-electron chi connectivity index (χ3n) is 11.2. The fourth-order valence-electron chi connectivity index (χ4n) is 8.03. The Balaban J connectivity index is 1.01. The number of carbonyl (C=O) groups is 4. The fraction of sp³-hybridized carbons (Fsp3) is 0.362. The molecule has 61 heavy (non-hydrogen) atoms. The van der Waals surface area contributed by atoms with E-state index < -0.39 is 24.3 Å². The van der Waals surface area contributed by atoms with E-state index in [-0.39, 0.29) is 30.3 Å². The molecular weight excluding hydrogens is 773 g/mol. The van der Waals surface area contributed by atoms with Gasteiger partial charge in [-0.2, -0.15) is 0 Å². The minimum Gasteiger partial charge on any atom is -0.453 e. The maximum atomic E-state index is 13.8. The third-order valence-corrected chi connectivity index (χ3v) is 11.2. The predicted molar refractivity (Wildman–Crippen MR) is 230 cm³/mol. The number of amides is 4. The monoisotopic (exact) mass is 824 g/mol. The molecule has 7 rings (SSSR count). The Labute approximate surface area is 355 Å². The molecule has 3 atom stereocenters. The van der Waals surface area contributed by atoms with Crippen LogP contribution in [0.25, 0.3) is 22.5 Å². The lowest BCUT2D eigenvalue weighted by Gasteiger charge is -2.30. The highest BCUT2D eigenvalue weighted by molar-refractivity contribution is 5.87. The van der Waals surface area contributed by atoms with Crippen molar-refractivity contribution < 1.29 is 28.7 Å². The number of alkyl carbamates (subject to hydrolysis) is 2. The van der Waals surface area contributed by atoms with Crippen molar-refractivity contribution in [1.82, 2.24) is 40.4 Å². The van der Waals surface area contributed by atoms with Crippen LogP contribution >= 0.6 is 0 Å². The summed E-state index contributed by atoms with van der Waals surface area (Å²) in [6, 6.07) is 21.5. The largest absolute Gasteiger partial charge is 0.453 e. The topological polar surface area (TPSA) is 175 Å². The number of methoxy groups -OCH3 is 2. The Hall–Kier alpha value is -6.88. The first-order chi connectivity index (χ1) is 29.6. The number of nitrogens with zero attached hydrogens (tertiary/aromatic N) is 4. The van der Waals surface area contributed by atoms with Gasteiger partial charge in [-0.3, -0.25) is 9.59 Å². The molecule has 1 aliphatic carbocycles. The first kappa shape index (κ1) is 42.3. The summed E-state index contributed by atoms with van der Waals surface area (Å²) >= 11 is 0. The van der Waals surface area contributed by atoms with E-state index >= 15 is 0 Å². The fourth-order valence-corrected chi connectivity index (χ4v) is 8.03. The minimum absolute atomic E-state index is 0.106. The Kier molecular flexibility index (Phi) is 13.2. The van der Waals surface area contributed by atoms with E-state index in [0.717, 1.165) is 77.3 Å². The lowest BCUT2D eigenvalue weighted by molar-refractivity contribution is -0.135. The van der Waals surface area contributed by atoms with Crippen LogP contribution in [0.3, 0.4) is 0 Å². The number of fused-ring (bicyclic) bond motifs is 3. The zero-order valence-electron chi connectivity index (χ0n) is 35.2. The molecule has 3 aromatic carbocycles. The molecule has 4 amide bonds. The van der Waals surface area contributed by atoms with Crippen molar-refractivity contribution in [3.05, 3.63) is 119 Å². The number of benzene rings is 3. The first-order valence-corrected chi connectivity index (χ1v) is 20.8. The summed E-state index contributed by atoms with van der Waals surface area (Å²) in [6.45, 7) is 7.13. The number of imidazole rings is 2. The molecule has 14 nitrogen and oxygen atoms in total. The van der Waals surface area contributed by atoms with Crippen LogP contribution in [0.5, 0.6) is 0 Å². The molecule has 2 aromatic heterocycles. The van der Waals surface area contributed by atoms with E-state index in [0.29, 0.717) is 24.5 Å². The molecule has 1 aliphatic heterocycles. The molecule has 5 aromatic rings. The van der Waals surface area contributed by atoms with Crippen molar-refractivity contribution in [2.45, 2.75) is 77.5 Å². The maximum absolute atomic E-state index is 13.8. The number of hydrogen-bond donors (Lipinski definition) is 4. The molecule has 14 heteroatoms. The van der Waals surface area contributed by atoms with Crippen molar-refractivity contribution in [1.29, 1.82) is 0 Å². The zero-order chi connectivity index (χ0) is 43.0. The van der Waals surface area contributed by atoms with Crippen molar-refractivity contribution in [2.24, 2.45) is 5.92 Å². The Morgan fingerprint density at radius 2 is 1.64 bits per heavy atom. The summed E-state index contributed by atoms with van der Waals surface area (Å²) < 4.78 is 9.59. The van der Waals surface area contributed by atoms with Crippen LogP contribution in [0.4, 0.5) is 9.59 Å². The number of aromatic amines is 2. The van der Waals surface area contributed by atoms with Gasteiger partial charge < -0.3 is 39.9 Å². The summed E-state index contributed by atoms with van der Waals surface area (Å²) in [5.74, 6) is 7.54. The molecule has 0 radical (unpaired) electrons. The average molecular weight is 825 g/mol. The van der Waals surface area contributed by atoms with Crippen molar-refractivity contribution >= 4 is 24.0 Å². The van der Waals surface area contributed by atoms with Gasteiger partial charge in [0.2, 0.25) is 11.8 Å². The Morgan fingerprint density at radius 1 is 0.918 bits per heavy atom. The summed E-state index contributed by atoms with van der Waals surface area (Å²) in [5.41, 5.74) is 8.40. The highest BCUT2D eigenvalue weighted by atomic mass is 16.5. The molecular formula is C47H52N8O6. The second-order valence-electron chi connectivity index (χ2n) is 15.7. The van der Waals surface area contributed by atoms with Crippen LogP contribution in [0.15, 0.2) is 79.0 Å². The number of carbonyl (C=O) groups excluding carboxylic acids is 4. The molecule has 2 aliphatic rings. The molecule has 1 saturated heterocycles. The highest BCUT2D eigenvalue weighted by Gasteiger charge is 2.38. The second-order valence-corrected chi connectivity index (χ2v) is 15.7. The van der Waals surface area contributed by atoms with Crippen LogP contribution < -0.4 is 10.6 Å². The zero-order valence-corrected chi connectivity index (χ0v) is 35.2. The lowest BCUT2D eigenvalue weighted by Crippen LogP contribution is -2.51. The quantitative estimate of drug-likeness (QED) is 0.0990. The van der Waals surface area contributed by atoms with Gasteiger partial charge in [0, 0.05) is 35.5 Å². The van der Waals surface area contributed by atoms with Gasteiger partial charge >= 0.3 is 12.2 Å². The molecule has 0 spiro atoms. The van der Waals surface area contributed by atoms with E-state index in [4.69, 9.17) is 14.5 Å². The van der Waals surface area contributed by atoms with Crippen LogP contribution in [0, 0.1) is 17.8 Å². The van der Waals surface area contributed by atoms with Gasteiger partial charge in [-0.25, -0.2) is 19.6 Å². The summed E-state index contributed by atoms with van der Waals surface area (Å²) in [6.07, 6.45) is 4.46. The van der Waals surface area contributed by atoms with E-state index in [1.54, 1.807) is 23.2 Å². The summed E-state index contributed by atoms with van der Waals surface area (Å²) in [7, 11) is 2.57. The average Bonchev–Trinajstić information content (AvgIpc) is 4.07. The standard InChI is InChI=1S/C47H52N8O6/c1-6-24-54(44(56)41(53-47(59)61-5)33-11-8-7-9-12-33)28-39-48-27-37(49-39)32-19-16-30(17-20-32)14-15-31-18-22-35-34(26-31)21-23-36-42(35)51-43(50-36)38-13-10-25-55(38)45(57)40(29(2)3)52-46(58)60-4/h7-9,11-12,16-20,22,26-27,29,38,40-41H,6,10,13,21,23-25,28H2,1-5H3,(H,48,49)(H,50,51)(H,52,58)(H,53,59). The molecule has 1 fully saturated rings. The van der Waals surface area contributed by atoms with Gasteiger partial charge in [-0.05, 0) is 79.0 Å². The second kappa shape index (κ2) is 19.0. The third kappa shape index (κ3) is 9.62. The number of hydrogen-bond acceptors (Lipinski definition) is 8. The number of ether oxygens (including phenoxy) is 2. The predicted octanol–water partition coefficient (Wildman–Crippen LogP) is 6.85. The molecule has 4 N–H and O–H groups in total. The smallest absolute Gasteiger partial charge is 0.407 e. The van der Waals surface area contributed by atoms with Gasteiger partial charge in [-0.15, -0.1) is 0 Å².